The Balaban J connectivity index is 1.59. The molecule has 2 amide bonds. The SMILES string of the molecule is O=C(Cc1ccccc1)N[C@@H]1C(=O)N2[C@@H]1CS[C@H]2C(=O)O. The number of hydrogen-bond donors (Lipinski definition) is 2. The first kappa shape index (κ1) is 13.9. The molecule has 3 atom stereocenters. The number of rotatable bonds is 4. The van der Waals surface area contributed by atoms with Gasteiger partial charge >= 0.3 is 5.97 Å². The van der Waals surface area contributed by atoms with Gasteiger partial charge in [-0.15, -0.1) is 11.8 Å². The molecule has 2 fully saturated rings. The molecule has 3 rings (SSSR count). The predicted octanol–water partition coefficient (Wildman–Crippen LogP) is 0.0822. The molecule has 0 radical (unpaired) electrons. The summed E-state index contributed by atoms with van der Waals surface area (Å²) in [6.07, 6.45) is 0.215. The maximum atomic E-state index is 12.0. The number of carbonyl (C=O) groups excluding carboxylic acids is 2. The molecule has 0 saturated carbocycles. The summed E-state index contributed by atoms with van der Waals surface area (Å²) in [5.74, 6) is -0.995. The van der Waals surface area contributed by atoms with Gasteiger partial charge in [-0.2, -0.15) is 0 Å². The summed E-state index contributed by atoms with van der Waals surface area (Å²) in [5.41, 5.74) is 0.878. The maximum absolute atomic E-state index is 12.0. The van der Waals surface area contributed by atoms with Gasteiger partial charge in [-0.05, 0) is 5.56 Å². The van der Waals surface area contributed by atoms with Gasteiger partial charge in [0, 0.05) is 5.75 Å². The Labute approximate surface area is 125 Å². The average molecular weight is 306 g/mol. The Morgan fingerprint density at radius 2 is 2.05 bits per heavy atom. The van der Waals surface area contributed by atoms with Gasteiger partial charge in [-0.1, -0.05) is 30.3 Å². The molecule has 0 spiro atoms. The van der Waals surface area contributed by atoms with E-state index in [1.165, 1.54) is 16.7 Å². The second-order valence-corrected chi connectivity index (χ2v) is 6.16. The highest BCUT2D eigenvalue weighted by atomic mass is 32.2. The molecule has 21 heavy (non-hydrogen) atoms. The normalized spacial score (nSPS) is 27.0. The van der Waals surface area contributed by atoms with Gasteiger partial charge in [0.25, 0.3) is 0 Å². The molecule has 0 bridgehead atoms. The predicted molar refractivity (Wildman–Crippen MR) is 76.6 cm³/mol. The molecule has 2 saturated heterocycles. The van der Waals surface area contributed by atoms with Crippen molar-refractivity contribution in [3.63, 3.8) is 0 Å². The lowest BCUT2D eigenvalue weighted by Crippen LogP contribution is -2.71. The Morgan fingerprint density at radius 1 is 1.33 bits per heavy atom. The fourth-order valence-corrected chi connectivity index (χ4v) is 3.95. The van der Waals surface area contributed by atoms with Crippen LogP contribution < -0.4 is 5.32 Å². The number of carbonyl (C=O) groups is 3. The number of benzene rings is 1. The van der Waals surface area contributed by atoms with E-state index in [0.29, 0.717) is 5.75 Å². The van der Waals surface area contributed by atoms with Gasteiger partial charge in [0.15, 0.2) is 5.37 Å². The van der Waals surface area contributed by atoms with Crippen LogP contribution in [-0.4, -0.2) is 51.0 Å². The molecule has 110 valence electrons. The highest BCUT2D eigenvalue weighted by Gasteiger charge is 2.57. The highest BCUT2D eigenvalue weighted by molar-refractivity contribution is 8.00. The van der Waals surface area contributed by atoms with E-state index in [0.717, 1.165) is 5.56 Å². The molecule has 2 N–H and O–H groups in total. The third-order valence-corrected chi connectivity index (χ3v) is 4.95. The zero-order valence-electron chi connectivity index (χ0n) is 11.1. The van der Waals surface area contributed by atoms with Crippen molar-refractivity contribution in [1.29, 1.82) is 0 Å². The summed E-state index contributed by atoms with van der Waals surface area (Å²) in [4.78, 5) is 36.3. The van der Waals surface area contributed by atoms with Crippen molar-refractivity contribution >= 4 is 29.5 Å². The van der Waals surface area contributed by atoms with Crippen molar-refractivity contribution < 1.29 is 19.5 Å². The van der Waals surface area contributed by atoms with E-state index in [4.69, 9.17) is 5.11 Å². The Morgan fingerprint density at radius 3 is 2.71 bits per heavy atom. The largest absolute Gasteiger partial charge is 0.479 e. The van der Waals surface area contributed by atoms with Crippen LogP contribution in [0.25, 0.3) is 0 Å². The summed E-state index contributed by atoms with van der Waals surface area (Å²) in [6, 6.07) is 8.48. The minimum atomic E-state index is -1.01. The van der Waals surface area contributed by atoms with Crippen molar-refractivity contribution in [2.75, 3.05) is 5.75 Å². The first-order valence-electron chi connectivity index (χ1n) is 6.58. The smallest absolute Gasteiger partial charge is 0.337 e. The van der Waals surface area contributed by atoms with E-state index >= 15 is 0 Å². The molecular formula is C14H14N2O4S. The van der Waals surface area contributed by atoms with Crippen molar-refractivity contribution in [2.45, 2.75) is 23.9 Å². The molecule has 2 aliphatic heterocycles. The fourth-order valence-electron chi connectivity index (χ4n) is 2.66. The molecule has 0 aliphatic carbocycles. The number of hydrogen-bond acceptors (Lipinski definition) is 4. The summed E-state index contributed by atoms with van der Waals surface area (Å²) in [6.45, 7) is 0. The number of nitrogens with one attached hydrogen (secondary N) is 1. The second-order valence-electron chi connectivity index (χ2n) is 5.04. The summed E-state index contributed by atoms with van der Waals surface area (Å²) < 4.78 is 0. The Bertz CT molecular complexity index is 592. The van der Waals surface area contributed by atoms with Crippen molar-refractivity contribution in [3.05, 3.63) is 35.9 Å². The van der Waals surface area contributed by atoms with Gasteiger partial charge in [-0.25, -0.2) is 4.79 Å². The van der Waals surface area contributed by atoms with Crippen LogP contribution in [0.15, 0.2) is 30.3 Å². The van der Waals surface area contributed by atoms with E-state index in [9.17, 15) is 14.4 Å². The quantitative estimate of drug-likeness (QED) is 0.770. The van der Waals surface area contributed by atoms with E-state index in [1.807, 2.05) is 30.3 Å². The van der Waals surface area contributed by atoms with Gasteiger partial charge in [0.05, 0.1) is 12.5 Å². The molecular weight excluding hydrogens is 292 g/mol. The lowest BCUT2D eigenvalue weighted by atomic mass is 9.96. The van der Waals surface area contributed by atoms with Crippen LogP contribution in [0.4, 0.5) is 0 Å². The molecule has 1 aromatic carbocycles. The van der Waals surface area contributed by atoms with Crippen molar-refractivity contribution in [2.24, 2.45) is 0 Å². The fraction of sp³-hybridized carbons (Fsp3) is 0.357. The highest BCUT2D eigenvalue weighted by Crippen LogP contribution is 2.38. The summed E-state index contributed by atoms with van der Waals surface area (Å²) in [5, 5.41) is 10.9. The molecule has 2 aliphatic rings. The Kier molecular flexibility index (Phi) is 3.59. The molecule has 1 aromatic rings. The average Bonchev–Trinajstić information content (AvgIpc) is 2.86. The summed E-state index contributed by atoms with van der Waals surface area (Å²) in [7, 11) is 0. The molecule has 0 unspecified atom stereocenters. The van der Waals surface area contributed by atoms with Crippen LogP contribution in [0.5, 0.6) is 0 Å². The number of amides is 2. The number of thioether (sulfide) groups is 1. The van der Waals surface area contributed by atoms with E-state index in [1.54, 1.807) is 0 Å². The third kappa shape index (κ3) is 2.49. The Hall–Kier alpha value is -2.02. The molecule has 7 heteroatoms. The van der Waals surface area contributed by atoms with Crippen LogP contribution in [0.3, 0.4) is 0 Å². The van der Waals surface area contributed by atoms with Crippen LogP contribution in [0, 0.1) is 0 Å². The summed E-state index contributed by atoms with van der Waals surface area (Å²) >= 11 is 1.22. The van der Waals surface area contributed by atoms with E-state index in [2.05, 4.69) is 5.32 Å². The molecule has 0 aromatic heterocycles. The number of aliphatic carboxylic acids is 1. The molecule has 6 nitrogen and oxygen atoms in total. The number of nitrogens with zero attached hydrogens (tertiary/aromatic N) is 1. The van der Waals surface area contributed by atoms with Crippen molar-refractivity contribution in [1.82, 2.24) is 10.2 Å². The monoisotopic (exact) mass is 306 g/mol. The van der Waals surface area contributed by atoms with Crippen molar-refractivity contribution in [3.8, 4) is 0 Å². The number of carboxylic acids is 1. The van der Waals surface area contributed by atoms with Crippen LogP contribution in [-0.2, 0) is 20.8 Å². The lowest BCUT2D eigenvalue weighted by Gasteiger charge is -2.43. The first-order chi connectivity index (χ1) is 10.1. The third-order valence-electron chi connectivity index (χ3n) is 3.68. The molecule has 2 heterocycles. The maximum Gasteiger partial charge on any atom is 0.337 e. The first-order valence-corrected chi connectivity index (χ1v) is 7.62. The van der Waals surface area contributed by atoms with E-state index < -0.39 is 17.4 Å². The van der Waals surface area contributed by atoms with Crippen LogP contribution in [0.2, 0.25) is 0 Å². The number of carboxylic acid groups (broad SMARTS) is 1. The lowest BCUT2D eigenvalue weighted by molar-refractivity contribution is -0.159. The van der Waals surface area contributed by atoms with Gasteiger partial charge in [-0.3, -0.25) is 9.59 Å². The minimum Gasteiger partial charge on any atom is -0.479 e. The topological polar surface area (TPSA) is 86.7 Å². The zero-order chi connectivity index (χ0) is 15.0. The zero-order valence-corrected chi connectivity index (χ0v) is 11.9. The number of fused-ring (bicyclic) bond motifs is 1. The van der Waals surface area contributed by atoms with Gasteiger partial charge in [0.1, 0.15) is 6.04 Å². The van der Waals surface area contributed by atoms with Crippen LogP contribution >= 0.6 is 11.8 Å². The van der Waals surface area contributed by atoms with Gasteiger partial charge < -0.3 is 15.3 Å². The standard InChI is InChI=1S/C14H14N2O4S/c17-10(6-8-4-2-1-3-5-8)15-11-9-7-21-13(14(19)20)16(9)12(11)18/h1-5,9,11,13H,6-7H2,(H,15,17)(H,19,20)/t9-,11+,13+/m1/s1. The number of β-lactam (4-membered cyclic amide) rings is 1. The second kappa shape index (κ2) is 5.40. The minimum absolute atomic E-state index is 0.205. The van der Waals surface area contributed by atoms with Crippen LogP contribution in [0.1, 0.15) is 5.56 Å². The van der Waals surface area contributed by atoms with E-state index in [-0.39, 0.29) is 24.3 Å². The van der Waals surface area contributed by atoms with Gasteiger partial charge in [0.2, 0.25) is 11.8 Å².